The minimum Gasteiger partial charge on any atom is -0.507 e. The Balaban J connectivity index is 1.86. The van der Waals surface area contributed by atoms with Crippen molar-refractivity contribution in [2.75, 3.05) is 11.5 Å². The number of benzene rings is 3. The lowest BCUT2D eigenvalue weighted by molar-refractivity contribution is -0.136. The maximum atomic E-state index is 13.5. The Labute approximate surface area is 228 Å². The smallest absolute Gasteiger partial charge is 0.307 e. The fourth-order valence-electron chi connectivity index (χ4n) is 4.64. The van der Waals surface area contributed by atoms with Gasteiger partial charge in [-0.05, 0) is 52.8 Å². The lowest BCUT2D eigenvalue weighted by Crippen LogP contribution is -2.29. The first-order valence-electron chi connectivity index (χ1n) is 13.0. The van der Waals surface area contributed by atoms with E-state index in [4.69, 9.17) is 9.84 Å². The van der Waals surface area contributed by atoms with E-state index in [1.54, 1.807) is 48.5 Å². The van der Waals surface area contributed by atoms with Gasteiger partial charge in [-0.25, -0.2) is 0 Å². The van der Waals surface area contributed by atoms with Crippen molar-refractivity contribution in [3.63, 3.8) is 0 Å². The third-order valence-electron chi connectivity index (χ3n) is 6.69. The number of carboxylic acids is 1. The summed E-state index contributed by atoms with van der Waals surface area (Å²) in [5.41, 5.74) is 2.99. The molecular weight excluding hydrogens is 494 g/mol. The predicted octanol–water partition coefficient (Wildman–Crippen LogP) is 6.03. The minimum absolute atomic E-state index is 0.0224. The van der Waals surface area contributed by atoms with Crippen molar-refractivity contribution < 1.29 is 29.3 Å². The van der Waals surface area contributed by atoms with Gasteiger partial charge in [-0.2, -0.15) is 0 Å². The number of hydrogen-bond acceptors (Lipinski definition) is 5. The maximum absolute atomic E-state index is 13.5. The highest BCUT2D eigenvalue weighted by Gasteiger charge is 2.47. The summed E-state index contributed by atoms with van der Waals surface area (Å²) in [7, 11) is 0. The Morgan fingerprint density at radius 3 is 2.21 bits per heavy atom. The second kappa shape index (κ2) is 11.2. The normalized spacial score (nSPS) is 16.9. The Bertz CT molecular complexity index is 1410. The first kappa shape index (κ1) is 27.6. The van der Waals surface area contributed by atoms with Crippen molar-refractivity contribution in [2.45, 2.75) is 52.0 Å². The van der Waals surface area contributed by atoms with Crippen molar-refractivity contribution in [3.05, 3.63) is 101 Å². The largest absolute Gasteiger partial charge is 0.507 e. The lowest BCUT2D eigenvalue weighted by atomic mass is 9.85. The maximum Gasteiger partial charge on any atom is 0.307 e. The molecule has 1 saturated heterocycles. The Morgan fingerprint density at radius 2 is 1.62 bits per heavy atom. The molecule has 0 aromatic heterocycles. The highest BCUT2D eigenvalue weighted by molar-refractivity contribution is 6.51. The summed E-state index contributed by atoms with van der Waals surface area (Å²) in [5, 5.41) is 20.6. The molecule has 1 aliphatic rings. The third kappa shape index (κ3) is 5.87. The van der Waals surface area contributed by atoms with Crippen molar-refractivity contribution in [1.29, 1.82) is 0 Å². The summed E-state index contributed by atoms with van der Waals surface area (Å²) in [4.78, 5) is 39.4. The molecule has 0 aliphatic carbocycles. The van der Waals surface area contributed by atoms with Crippen LogP contribution in [0.5, 0.6) is 5.75 Å². The molecule has 1 unspecified atom stereocenters. The molecule has 202 valence electrons. The van der Waals surface area contributed by atoms with Gasteiger partial charge in [0.05, 0.1) is 24.6 Å². The SMILES string of the molecule is CCCOc1cccc(/C(O)=C2/C(=O)C(=O)N(c3ccc(CC(=O)O)cc3)C2c2ccc(C(C)(C)C)cc2)c1. The number of carbonyl (C=O) groups is 3. The van der Waals surface area contributed by atoms with Gasteiger partial charge in [-0.1, -0.05) is 76.2 Å². The van der Waals surface area contributed by atoms with Gasteiger partial charge < -0.3 is 14.9 Å². The molecule has 0 spiro atoms. The highest BCUT2D eigenvalue weighted by Crippen LogP contribution is 2.43. The van der Waals surface area contributed by atoms with Gasteiger partial charge in [-0.15, -0.1) is 0 Å². The number of rotatable bonds is 8. The standard InChI is InChI=1S/C32H33NO6/c1-5-17-39-25-8-6-7-22(19-25)29(36)27-28(21-11-13-23(14-12-21)32(2,3)4)33(31(38)30(27)37)24-15-9-20(10-16-24)18-26(34)35/h6-16,19,28,36H,5,17-18H2,1-4H3,(H,34,35)/b29-27-. The van der Waals surface area contributed by atoms with Crippen LogP contribution >= 0.6 is 0 Å². The molecule has 1 atom stereocenters. The third-order valence-corrected chi connectivity index (χ3v) is 6.69. The van der Waals surface area contributed by atoms with Gasteiger partial charge in [0.1, 0.15) is 11.5 Å². The van der Waals surface area contributed by atoms with Crippen molar-refractivity contribution in [3.8, 4) is 5.75 Å². The minimum atomic E-state index is -0.965. The van der Waals surface area contributed by atoms with Crippen LogP contribution in [0.15, 0.2) is 78.4 Å². The van der Waals surface area contributed by atoms with Crippen LogP contribution in [0, 0.1) is 0 Å². The molecule has 0 saturated carbocycles. The molecule has 7 nitrogen and oxygen atoms in total. The molecule has 1 amide bonds. The summed E-state index contributed by atoms with van der Waals surface area (Å²) >= 11 is 0. The van der Waals surface area contributed by atoms with Crippen LogP contribution in [-0.4, -0.2) is 34.5 Å². The van der Waals surface area contributed by atoms with Crippen molar-refractivity contribution in [1.82, 2.24) is 0 Å². The number of anilines is 1. The van der Waals surface area contributed by atoms with Gasteiger partial charge in [0.15, 0.2) is 0 Å². The average molecular weight is 528 g/mol. The quantitative estimate of drug-likeness (QED) is 0.211. The molecule has 1 fully saturated rings. The topological polar surface area (TPSA) is 104 Å². The Kier molecular flexibility index (Phi) is 7.90. The van der Waals surface area contributed by atoms with Crippen LogP contribution in [0.1, 0.15) is 62.4 Å². The molecule has 0 bridgehead atoms. The number of aliphatic hydroxyl groups excluding tert-OH is 1. The van der Waals surface area contributed by atoms with E-state index in [-0.39, 0.29) is 23.2 Å². The van der Waals surface area contributed by atoms with E-state index in [0.29, 0.717) is 34.7 Å². The molecule has 1 aliphatic heterocycles. The molecular formula is C32H33NO6. The number of carboxylic acid groups (broad SMARTS) is 1. The van der Waals surface area contributed by atoms with E-state index in [1.807, 2.05) is 31.2 Å². The van der Waals surface area contributed by atoms with Crippen molar-refractivity contribution in [2.24, 2.45) is 0 Å². The van der Waals surface area contributed by atoms with Gasteiger partial charge in [0.25, 0.3) is 11.7 Å². The van der Waals surface area contributed by atoms with Crippen LogP contribution in [0.2, 0.25) is 0 Å². The summed E-state index contributed by atoms with van der Waals surface area (Å²) in [6, 6.07) is 20.1. The number of ether oxygens (including phenoxy) is 1. The number of ketones is 1. The van der Waals surface area contributed by atoms with Crippen LogP contribution in [-0.2, 0) is 26.2 Å². The van der Waals surface area contributed by atoms with Crippen LogP contribution in [0.25, 0.3) is 5.76 Å². The number of aliphatic carboxylic acids is 1. The number of carbonyl (C=O) groups excluding carboxylic acids is 2. The van der Waals surface area contributed by atoms with E-state index < -0.39 is 23.7 Å². The van der Waals surface area contributed by atoms with E-state index >= 15 is 0 Å². The first-order chi connectivity index (χ1) is 18.5. The molecule has 2 N–H and O–H groups in total. The number of hydrogen-bond donors (Lipinski definition) is 2. The van der Waals surface area contributed by atoms with Gasteiger partial charge in [-0.3, -0.25) is 19.3 Å². The summed E-state index contributed by atoms with van der Waals surface area (Å²) < 4.78 is 5.70. The van der Waals surface area contributed by atoms with Crippen molar-refractivity contribution >= 4 is 29.1 Å². The summed E-state index contributed by atoms with van der Waals surface area (Å²) in [6.45, 7) is 8.79. The second-order valence-corrected chi connectivity index (χ2v) is 10.7. The molecule has 0 radical (unpaired) electrons. The summed E-state index contributed by atoms with van der Waals surface area (Å²) in [6.07, 6.45) is 0.657. The van der Waals surface area contributed by atoms with E-state index in [2.05, 4.69) is 20.8 Å². The predicted molar refractivity (Wildman–Crippen MR) is 150 cm³/mol. The van der Waals surface area contributed by atoms with Crippen LogP contribution < -0.4 is 9.64 Å². The molecule has 4 rings (SSSR count). The number of Topliss-reactive ketones (excluding diaryl/α,β-unsaturated/α-hetero) is 1. The van der Waals surface area contributed by atoms with Gasteiger partial charge in [0.2, 0.25) is 0 Å². The molecule has 1 heterocycles. The Morgan fingerprint density at radius 1 is 0.949 bits per heavy atom. The van der Waals surface area contributed by atoms with Gasteiger partial charge >= 0.3 is 5.97 Å². The average Bonchev–Trinajstić information content (AvgIpc) is 3.17. The van der Waals surface area contributed by atoms with E-state index in [0.717, 1.165) is 12.0 Å². The number of aliphatic hydroxyl groups is 1. The number of amides is 1. The molecule has 7 heteroatoms. The zero-order valence-electron chi connectivity index (χ0n) is 22.6. The lowest BCUT2D eigenvalue weighted by Gasteiger charge is -2.27. The zero-order valence-corrected chi connectivity index (χ0v) is 22.6. The highest BCUT2D eigenvalue weighted by atomic mass is 16.5. The fourth-order valence-corrected chi connectivity index (χ4v) is 4.64. The van der Waals surface area contributed by atoms with E-state index in [1.165, 1.54) is 4.90 Å². The summed E-state index contributed by atoms with van der Waals surface area (Å²) in [5.74, 6) is -2.27. The first-order valence-corrected chi connectivity index (χ1v) is 13.0. The number of nitrogens with zero attached hydrogens (tertiary/aromatic N) is 1. The van der Waals surface area contributed by atoms with E-state index in [9.17, 15) is 19.5 Å². The molecule has 39 heavy (non-hydrogen) atoms. The monoisotopic (exact) mass is 527 g/mol. The fraction of sp³-hybridized carbons (Fsp3) is 0.281. The van der Waals surface area contributed by atoms with Gasteiger partial charge in [0, 0.05) is 11.3 Å². The zero-order chi connectivity index (χ0) is 28.3. The Hall–Kier alpha value is -4.39. The van der Waals surface area contributed by atoms with Crippen LogP contribution in [0.4, 0.5) is 5.69 Å². The molecule has 3 aromatic carbocycles. The molecule has 3 aromatic rings. The second-order valence-electron chi connectivity index (χ2n) is 10.7. The van der Waals surface area contributed by atoms with Crippen LogP contribution in [0.3, 0.4) is 0 Å².